The standard InChI is InChI=1S/C21H24O2/c1-19(2)18-12-13-20(19,3)21(18,14-8-4-6-10-16(14)22)15-9-5-7-11-17(15)23/h4-11,18,22-23H,12-13H2,1-3H3. The lowest BCUT2D eigenvalue weighted by Crippen LogP contribution is -2.66. The van der Waals surface area contributed by atoms with E-state index in [1.165, 1.54) is 0 Å². The van der Waals surface area contributed by atoms with Crippen molar-refractivity contribution in [2.24, 2.45) is 16.7 Å². The highest BCUT2D eigenvalue weighted by atomic mass is 16.3. The van der Waals surface area contributed by atoms with Gasteiger partial charge in [-0.15, -0.1) is 0 Å². The van der Waals surface area contributed by atoms with E-state index in [0.717, 1.165) is 24.0 Å². The van der Waals surface area contributed by atoms with Crippen LogP contribution in [-0.4, -0.2) is 10.2 Å². The summed E-state index contributed by atoms with van der Waals surface area (Å²) in [5, 5.41) is 21.3. The van der Waals surface area contributed by atoms with Gasteiger partial charge in [0.25, 0.3) is 0 Å². The lowest BCUT2D eigenvalue weighted by Gasteiger charge is -2.69. The first kappa shape index (κ1) is 14.6. The molecule has 120 valence electrons. The molecule has 2 unspecified atom stereocenters. The molecule has 0 saturated heterocycles. The van der Waals surface area contributed by atoms with Crippen molar-refractivity contribution in [3.63, 3.8) is 0 Å². The Bertz CT molecular complexity index is 731. The van der Waals surface area contributed by atoms with Gasteiger partial charge in [0.05, 0.1) is 0 Å². The van der Waals surface area contributed by atoms with Crippen LogP contribution < -0.4 is 0 Å². The summed E-state index contributed by atoms with van der Waals surface area (Å²) in [6, 6.07) is 15.3. The van der Waals surface area contributed by atoms with Crippen LogP contribution in [0, 0.1) is 16.7 Å². The van der Waals surface area contributed by atoms with Crippen LogP contribution in [0.25, 0.3) is 0 Å². The Kier molecular flexibility index (Phi) is 2.74. The molecule has 23 heavy (non-hydrogen) atoms. The molecule has 5 rings (SSSR count). The second-order valence-corrected chi connectivity index (χ2v) is 7.99. The number of hydrogen-bond donors (Lipinski definition) is 2. The Morgan fingerprint density at radius 1 is 0.826 bits per heavy atom. The highest BCUT2D eigenvalue weighted by Crippen LogP contribution is 2.83. The van der Waals surface area contributed by atoms with E-state index in [4.69, 9.17) is 0 Å². The molecule has 0 aliphatic heterocycles. The Balaban J connectivity index is 2.07. The maximum Gasteiger partial charge on any atom is 0.119 e. The second kappa shape index (κ2) is 4.31. The highest BCUT2D eigenvalue weighted by Gasteiger charge is 2.78. The summed E-state index contributed by atoms with van der Waals surface area (Å²) in [4.78, 5) is 0. The van der Waals surface area contributed by atoms with Crippen molar-refractivity contribution in [3.05, 3.63) is 59.7 Å². The van der Waals surface area contributed by atoms with Gasteiger partial charge in [-0.2, -0.15) is 0 Å². The van der Waals surface area contributed by atoms with Crippen LogP contribution >= 0.6 is 0 Å². The van der Waals surface area contributed by atoms with Gasteiger partial charge in [-0.25, -0.2) is 0 Å². The van der Waals surface area contributed by atoms with Gasteiger partial charge in [-0.05, 0) is 41.7 Å². The minimum absolute atomic E-state index is 0.0162. The van der Waals surface area contributed by atoms with Gasteiger partial charge in [-0.1, -0.05) is 57.2 Å². The molecule has 3 fully saturated rings. The molecule has 0 aromatic heterocycles. The summed E-state index contributed by atoms with van der Waals surface area (Å²) in [6.45, 7) is 7.00. The van der Waals surface area contributed by atoms with E-state index < -0.39 is 0 Å². The molecular formula is C21H24O2. The van der Waals surface area contributed by atoms with E-state index in [9.17, 15) is 10.2 Å². The molecule has 2 heteroatoms. The van der Waals surface area contributed by atoms with E-state index in [-0.39, 0.29) is 16.2 Å². The molecule has 3 aliphatic carbocycles. The third-order valence-electron chi connectivity index (χ3n) is 7.28. The fourth-order valence-electron chi connectivity index (χ4n) is 6.00. The zero-order valence-corrected chi connectivity index (χ0v) is 14.0. The minimum Gasteiger partial charge on any atom is -0.508 e. The van der Waals surface area contributed by atoms with E-state index >= 15 is 0 Å². The molecule has 0 amide bonds. The number of phenolic OH excluding ortho intramolecular Hbond substituents is 2. The Labute approximate surface area is 137 Å². The average molecular weight is 308 g/mol. The van der Waals surface area contributed by atoms with E-state index in [0.29, 0.717) is 17.4 Å². The number of phenols is 2. The number of fused-ring (bicyclic) bond motifs is 1. The third-order valence-corrected chi connectivity index (χ3v) is 7.28. The molecule has 0 spiro atoms. The van der Waals surface area contributed by atoms with Crippen molar-refractivity contribution in [2.75, 3.05) is 0 Å². The molecule has 2 nitrogen and oxygen atoms in total. The fourth-order valence-corrected chi connectivity index (χ4v) is 6.00. The van der Waals surface area contributed by atoms with Crippen molar-refractivity contribution in [1.82, 2.24) is 0 Å². The van der Waals surface area contributed by atoms with E-state index in [1.807, 2.05) is 36.4 Å². The lowest BCUT2D eigenvalue weighted by atomic mass is 9.34. The van der Waals surface area contributed by atoms with Crippen LogP contribution in [0.5, 0.6) is 11.5 Å². The number of para-hydroxylation sites is 2. The number of benzene rings is 2. The van der Waals surface area contributed by atoms with Crippen LogP contribution in [-0.2, 0) is 5.41 Å². The first-order chi connectivity index (χ1) is 10.9. The zero-order valence-electron chi connectivity index (χ0n) is 14.0. The van der Waals surface area contributed by atoms with Crippen LogP contribution in [0.4, 0.5) is 0 Å². The minimum atomic E-state index is -0.312. The maximum atomic E-state index is 10.6. The normalized spacial score (nSPS) is 30.0. The average Bonchev–Trinajstić information content (AvgIpc) is 2.97. The summed E-state index contributed by atoms with van der Waals surface area (Å²) >= 11 is 0. The van der Waals surface area contributed by atoms with Gasteiger partial charge < -0.3 is 10.2 Å². The Morgan fingerprint density at radius 2 is 1.30 bits per heavy atom. The highest BCUT2D eigenvalue weighted by molar-refractivity contribution is 5.59. The summed E-state index contributed by atoms with van der Waals surface area (Å²) in [5.74, 6) is 1.09. The third kappa shape index (κ3) is 1.41. The topological polar surface area (TPSA) is 40.5 Å². The van der Waals surface area contributed by atoms with Crippen molar-refractivity contribution < 1.29 is 10.2 Å². The maximum absolute atomic E-state index is 10.6. The van der Waals surface area contributed by atoms with E-state index in [1.54, 1.807) is 12.1 Å². The smallest absolute Gasteiger partial charge is 0.119 e. The number of aromatic hydroxyl groups is 2. The number of hydrogen-bond acceptors (Lipinski definition) is 2. The molecule has 3 aliphatic rings. The molecule has 2 atom stereocenters. The summed E-state index contributed by atoms with van der Waals surface area (Å²) in [7, 11) is 0. The van der Waals surface area contributed by atoms with Crippen molar-refractivity contribution in [2.45, 2.75) is 39.0 Å². The summed E-state index contributed by atoms with van der Waals surface area (Å²) in [6.07, 6.45) is 2.25. The van der Waals surface area contributed by atoms with Gasteiger partial charge in [0.1, 0.15) is 11.5 Å². The van der Waals surface area contributed by atoms with Crippen molar-refractivity contribution >= 4 is 0 Å². The van der Waals surface area contributed by atoms with Gasteiger partial charge in [0.15, 0.2) is 0 Å². The van der Waals surface area contributed by atoms with Crippen LogP contribution in [0.2, 0.25) is 0 Å². The Hall–Kier alpha value is -1.96. The van der Waals surface area contributed by atoms with Gasteiger partial charge in [-0.3, -0.25) is 0 Å². The van der Waals surface area contributed by atoms with Crippen LogP contribution in [0.1, 0.15) is 44.7 Å². The van der Waals surface area contributed by atoms with Crippen molar-refractivity contribution in [3.8, 4) is 11.5 Å². The predicted molar refractivity (Wildman–Crippen MR) is 91.6 cm³/mol. The molecular weight excluding hydrogens is 284 g/mol. The monoisotopic (exact) mass is 308 g/mol. The SMILES string of the molecule is CC1(C)C2CCC1(C)C2(c1ccccc1O)c1ccccc1O. The summed E-state index contributed by atoms with van der Waals surface area (Å²) < 4.78 is 0. The van der Waals surface area contributed by atoms with Crippen LogP contribution in [0.3, 0.4) is 0 Å². The molecule has 0 radical (unpaired) electrons. The summed E-state index contributed by atoms with van der Waals surface area (Å²) in [5.41, 5.74) is 1.82. The fraction of sp³-hybridized carbons (Fsp3) is 0.429. The Morgan fingerprint density at radius 3 is 1.65 bits per heavy atom. The largest absolute Gasteiger partial charge is 0.508 e. The molecule has 2 aromatic rings. The molecule has 2 N–H and O–H groups in total. The zero-order chi connectivity index (χ0) is 16.5. The lowest BCUT2D eigenvalue weighted by molar-refractivity contribution is -0.126. The van der Waals surface area contributed by atoms with Crippen LogP contribution in [0.15, 0.2) is 48.5 Å². The van der Waals surface area contributed by atoms with Gasteiger partial charge in [0, 0.05) is 16.5 Å². The van der Waals surface area contributed by atoms with Gasteiger partial charge in [0.2, 0.25) is 0 Å². The van der Waals surface area contributed by atoms with E-state index in [2.05, 4.69) is 20.8 Å². The van der Waals surface area contributed by atoms with Crippen molar-refractivity contribution in [1.29, 1.82) is 0 Å². The molecule has 2 bridgehead atoms. The quantitative estimate of drug-likeness (QED) is 0.833. The molecule has 2 aromatic carbocycles. The number of rotatable bonds is 2. The first-order valence-electron chi connectivity index (χ1n) is 8.44. The predicted octanol–water partition coefficient (Wildman–Crippen LogP) is 4.84. The molecule has 3 saturated carbocycles. The van der Waals surface area contributed by atoms with Gasteiger partial charge >= 0.3 is 0 Å². The first-order valence-corrected chi connectivity index (χ1v) is 8.44. The molecule has 0 heterocycles. The second-order valence-electron chi connectivity index (χ2n) is 7.99.